The molecule has 0 amide bonds. The van der Waals surface area contributed by atoms with Gasteiger partial charge in [0.15, 0.2) is 0 Å². The van der Waals surface area contributed by atoms with E-state index < -0.39 is 7.26 Å². The average molecular weight is 378 g/mol. The number of benzene rings is 3. The van der Waals surface area contributed by atoms with Crippen LogP contribution >= 0.6 is 7.26 Å². The number of hydrogen-bond donors (Lipinski definition) is 1. The fraction of sp³-hybridized carbons (Fsp3) is 0.280. The Bertz CT molecular complexity index is 690. The number of rotatable bonds is 9. The molecule has 1 unspecified atom stereocenters. The second kappa shape index (κ2) is 9.83. The van der Waals surface area contributed by atoms with Crippen molar-refractivity contribution in [3.8, 4) is 0 Å². The van der Waals surface area contributed by atoms with Crippen LogP contribution in [0.1, 0.15) is 32.6 Å². The summed E-state index contributed by atoms with van der Waals surface area (Å²) in [5, 5.41) is 15.1. The summed E-state index contributed by atoms with van der Waals surface area (Å²) < 4.78 is 0. The summed E-state index contributed by atoms with van der Waals surface area (Å²) >= 11 is 0. The van der Waals surface area contributed by atoms with Gasteiger partial charge in [-0.15, -0.1) is 0 Å². The van der Waals surface area contributed by atoms with Crippen molar-refractivity contribution in [2.75, 3.05) is 6.16 Å². The van der Waals surface area contributed by atoms with Gasteiger partial charge in [0.2, 0.25) is 0 Å². The molecule has 0 saturated carbocycles. The Labute approximate surface area is 164 Å². The van der Waals surface area contributed by atoms with Crippen LogP contribution in [-0.4, -0.2) is 17.4 Å². The maximum atomic E-state index is 11.0. The fourth-order valence-corrected chi connectivity index (χ4v) is 9.01. The summed E-state index contributed by atoms with van der Waals surface area (Å²) in [6, 6.07) is 32.6. The molecule has 0 radical (unpaired) electrons. The van der Waals surface area contributed by atoms with Crippen molar-refractivity contribution in [3.05, 3.63) is 91.0 Å². The van der Waals surface area contributed by atoms with E-state index in [0.29, 0.717) is 0 Å². The normalized spacial score (nSPS) is 13.3. The molecule has 0 aliphatic rings. The first kappa shape index (κ1) is 19.8. The molecule has 0 spiro atoms. The third-order valence-corrected chi connectivity index (χ3v) is 10.5. The molecule has 1 atom stereocenters. The van der Waals surface area contributed by atoms with Gasteiger partial charge in [-0.1, -0.05) is 0 Å². The Hall–Kier alpha value is -1.95. The average Bonchev–Trinajstić information content (AvgIpc) is 2.74. The molecule has 3 aromatic carbocycles. The van der Waals surface area contributed by atoms with Crippen LogP contribution in [0.15, 0.2) is 91.0 Å². The van der Waals surface area contributed by atoms with Gasteiger partial charge in [0, 0.05) is 0 Å². The quantitative estimate of drug-likeness (QED) is 0.424. The third-order valence-electron chi connectivity index (χ3n) is 5.48. The Morgan fingerprint density at radius 3 is 1.44 bits per heavy atom. The summed E-state index contributed by atoms with van der Waals surface area (Å²) in [7, 11) is -2.30. The Kier molecular flexibility index (Phi) is 7.21. The fourth-order valence-electron chi connectivity index (χ4n) is 4.11. The van der Waals surface area contributed by atoms with Gasteiger partial charge in [0.05, 0.1) is 0 Å². The van der Waals surface area contributed by atoms with Crippen LogP contribution in [0.25, 0.3) is 0 Å². The van der Waals surface area contributed by atoms with Crippen molar-refractivity contribution in [1.29, 1.82) is 0 Å². The van der Waals surface area contributed by atoms with Crippen molar-refractivity contribution < 1.29 is 5.11 Å². The van der Waals surface area contributed by atoms with Gasteiger partial charge in [-0.25, -0.2) is 0 Å². The van der Waals surface area contributed by atoms with Crippen molar-refractivity contribution >= 4 is 23.2 Å². The minimum absolute atomic E-state index is 0.274. The standard InChI is InChI=1S/C25H31OP/c1-2-3-7-14-22(26)21-27(23-15-8-4-9-16-23,24-17-10-5-11-18-24)25-19-12-6-13-20-25/h4-6,8-13,15-20,22,26-27H,2-3,7,14,21H2,1H3. The SMILES string of the molecule is CCCCCC(O)C[PH](c1ccccc1)(c1ccccc1)c1ccccc1. The predicted molar refractivity (Wildman–Crippen MR) is 122 cm³/mol. The van der Waals surface area contributed by atoms with Crippen LogP contribution in [-0.2, 0) is 0 Å². The van der Waals surface area contributed by atoms with E-state index in [9.17, 15) is 5.11 Å². The molecule has 0 heterocycles. The number of aliphatic hydroxyl groups excluding tert-OH is 1. The van der Waals surface area contributed by atoms with Crippen molar-refractivity contribution in [2.45, 2.75) is 38.7 Å². The number of unbranched alkanes of at least 4 members (excludes halogenated alkanes) is 2. The van der Waals surface area contributed by atoms with Crippen molar-refractivity contribution in [1.82, 2.24) is 0 Å². The molecule has 142 valence electrons. The zero-order chi connectivity index (χ0) is 19.0. The van der Waals surface area contributed by atoms with Crippen molar-refractivity contribution in [2.24, 2.45) is 0 Å². The second-order valence-electron chi connectivity index (χ2n) is 7.36. The van der Waals surface area contributed by atoms with Crippen LogP contribution in [0, 0.1) is 0 Å². The van der Waals surface area contributed by atoms with E-state index in [0.717, 1.165) is 19.0 Å². The molecule has 27 heavy (non-hydrogen) atoms. The van der Waals surface area contributed by atoms with Gasteiger partial charge in [0.25, 0.3) is 0 Å². The summed E-state index contributed by atoms with van der Waals surface area (Å²) in [6.45, 7) is 2.21. The summed E-state index contributed by atoms with van der Waals surface area (Å²) in [5.74, 6) is 0. The molecule has 0 fully saturated rings. The first-order valence-corrected chi connectivity index (χ1v) is 12.3. The molecular weight excluding hydrogens is 347 g/mol. The van der Waals surface area contributed by atoms with Gasteiger partial charge >= 0.3 is 164 Å². The molecule has 3 aromatic rings. The van der Waals surface area contributed by atoms with Gasteiger partial charge in [-0.3, -0.25) is 0 Å². The molecule has 1 nitrogen and oxygen atoms in total. The molecule has 3 rings (SSSR count). The van der Waals surface area contributed by atoms with Crippen LogP contribution in [0.5, 0.6) is 0 Å². The van der Waals surface area contributed by atoms with Crippen LogP contribution < -0.4 is 15.9 Å². The van der Waals surface area contributed by atoms with Gasteiger partial charge in [0.1, 0.15) is 0 Å². The molecule has 0 saturated heterocycles. The molecule has 2 heteroatoms. The summed E-state index contributed by atoms with van der Waals surface area (Å²) in [6.07, 6.45) is 4.91. The molecule has 1 N–H and O–H groups in total. The van der Waals surface area contributed by atoms with E-state index in [-0.39, 0.29) is 6.10 Å². The van der Waals surface area contributed by atoms with E-state index in [4.69, 9.17) is 0 Å². The molecular formula is C25H31OP. The first-order chi connectivity index (χ1) is 13.3. The molecule has 0 aromatic heterocycles. The van der Waals surface area contributed by atoms with Crippen LogP contribution in [0.3, 0.4) is 0 Å². The van der Waals surface area contributed by atoms with E-state index in [2.05, 4.69) is 97.9 Å². The maximum absolute atomic E-state index is 11.0. The van der Waals surface area contributed by atoms with Crippen LogP contribution in [0.4, 0.5) is 0 Å². The second-order valence-corrected chi connectivity index (χ2v) is 11.3. The molecule has 0 aliphatic heterocycles. The first-order valence-electron chi connectivity index (χ1n) is 10.1. The van der Waals surface area contributed by atoms with Crippen molar-refractivity contribution in [3.63, 3.8) is 0 Å². The minimum atomic E-state index is -2.30. The Morgan fingerprint density at radius 1 is 0.667 bits per heavy atom. The van der Waals surface area contributed by atoms with E-state index in [1.54, 1.807) is 0 Å². The van der Waals surface area contributed by atoms with E-state index >= 15 is 0 Å². The summed E-state index contributed by atoms with van der Waals surface area (Å²) in [4.78, 5) is 0. The summed E-state index contributed by atoms with van der Waals surface area (Å²) in [5.41, 5.74) is 0. The predicted octanol–water partition coefficient (Wildman–Crippen LogP) is 4.65. The monoisotopic (exact) mass is 378 g/mol. The molecule has 0 bridgehead atoms. The van der Waals surface area contributed by atoms with E-state index in [1.807, 2.05) is 0 Å². The number of aliphatic hydroxyl groups is 1. The van der Waals surface area contributed by atoms with E-state index in [1.165, 1.54) is 28.8 Å². The van der Waals surface area contributed by atoms with Gasteiger partial charge in [-0.2, -0.15) is 0 Å². The zero-order valence-electron chi connectivity index (χ0n) is 16.2. The third kappa shape index (κ3) is 4.67. The van der Waals surface area contributed by atoms with Gasteiger partial charge < -0.3 is 0 Å². The Morgan fingerprint density at radius 2 is 1.07 bits per heavy atom. The number of hydrogen-bond acceptors (Lipinski definition) is 1. The zero-order valence-corrected chi connectivity index (χ0v) is 17.2. The van der Waals surface area contributed by atoms with Crippen LogP contribution in [0.2, 0.25) is 0 Å². The Balaban J connectivity index is 2.11. The topological polar surface area (TPSA) is 20.2 Å². The molecule has 0 aliphatic carbocycles. The van der Waals surface area contributed by atoms with Gasteiger partial charge in [-0.05, 0) is 0 Å².